The number of benzene rings is 2. The number of rotatable bonds is 4. The van der Waals surface area contributed by atoms with Crippen molar-refractivity contribution in [1.29, 1.82) is 0 Å². The van der Waals surface area contributed by atoms with Crippen LogP contribution in [-0.2, 0) is 16.6 Å². The Bertz CT molecular complexity index is 687. The fraction of sp³-hybridized carbons (Fsp3) is 0.0769. The minimum atomic E-state index is -3.95. The first-order valence-corrected chi connectivity index (χ1v) is 6.96. The minimum absolute atomic E-state index is 0.103. The number of halogens is 2. The lowest BCUT2D eigenvalue weighted by Gasteiger charge is -2.07. The van der Waals surface area contributed by atoms with Crippen LogP contribution in [0.15, 0.2) is 53.4 Å². The second kappa shape index (κ2) is 5.46. The van der Waals surface area contributed by atoms with Crippen molar-refractivity contribution in [3.05, 3.63) is 65.7 Å². The molecule has 2 aromatic carbocycles. The lowest BCUT2D eigenvalue weighted by Crippen LogP contribution is -2.24. The fourth-order valence-corrected chi connectivity index (χ4v) is 2.66. The molecule has 1 N–H and O–H groups in total. The highest BCUT2D eigenvalue weighted by atomic mass is 32.2. The van der Waals surface area contributed by atoms with Gasteiger partial charge in [-0.25, -0.2) is 21.9 Å². The van der Waals surface area contributed by atoms with E-state index in [0.717, 1.165) is 6.07 Å². The largest absolute Gasteiger partial charge is 0.243 e. The molecule has 0 aliphatic heterocycles. The Balaban J connectivity index is 2.17. The van der Waals surface area contributed by atoms with Crippen LogP contribution in [0.4, 0.5) is 8.78 Å². The molecule has 0 bridgehead atoms. The van der Waals surface area contributed by atoms with Crippen molar-refractivity contribution in [2.45, 2.75) is 11.4 Å². The molecule has 0 saturated carbocycles. The molecule has 2 aromatic rings. The maximum Gasteiger partial charge on any atom is 0.243 e. The summed E-state index contributed by atoms with van der Waals surface area (Å²) in [7, 11) is -3.95. The zero-order valence-electron chi connectivity index (χ0n) is 9.81. The third-order valence-corrected chi connectivity index (χ3v) is 3.92. The van der Waals surface area contributed by atoms with Gasteiger partial charge >= 0.3 is 0 Å². The molecule has 0 unspecified atom stereocenters. The maximum atomic E-state index is 13.4. The first-order chi connectivity index (χ1) is 8.99. The maximum absolute atomic E-state index is 13.4. The molecule has 0 atom stereocenters. The van der Waals surface area contributed by atoms with Crippen LogP contribution < -0.4 is 4.72 Å². The summed E-state index contributed by atoms with van der Waals surface area (Å²) in [5.74, 6) is -1.28. The van der Waals surface area contributed by atoms with E-state index in [-0.39, 0.29) is 6.54 Å². The number of sulfonamides is 1. The Labute approximate surface area is 109 Å². The second-order valence-electron chi connectivity index (χ2n) is 3.88. The average Bonchev–Trinajstić information content (AvgIpc) is 2.37. The van der Waals surface area contributed by atoms with Crippen LogP contribution in [0.25, 0.3) is 0 Å². The first-order valence-electron chi connectivity index (χ1n) is 5.48. The highest BCUT2D eigenvalue weighted by Crippen LogP contribution is 2.14. The molecule has 0 aromatic heterocycles. The summed E-state index contributed by atoms with van der Waals surface area (Å²) < 4.78 is 52.3. The molecule has 2 rings (SSSR count). The van der Waals surface area contributed by atoms with E-state index in [9.17, 15) is 17.2 Å². The molecule has 0 saturated heterocycles. The monoisotopic (exact) mass is 283 g/mol. The quantitative estimate of drug-likeness (QED) is 0.936. The molecule has 0 aliphatic carbocycles. The van der Waals surface area contributed by atoms with Crippen molar-refractivity contribution in [1.82, 2.24) is 4.72 Å². The standard InChI is InChI=1S/C13H11F2NO2S/c14-11-5-3-4-10(8-11)9-16-19(17,18)13-7-2-1-6-12(13)15/h1-8,16H,9H2. The van der Waals surface area contributed by atoms with Crippen LogP contribution in [-0.4, -0.2) is 8.42 Å². The van der Waals surface area contributed by atoms with Crippen molar-refractivity contribution < 1.29 is 17.2 Å². The molecule has 0 amide bonds. The van der Waals surface area contributed by atoms with Crippen molar-refractivity contribution in [3.63, 3.8) is 0 Å². The minimum Gasteiger partial charge on any atom is -0.207 e. The van der Waals surface area contributed by atoms with E-state index in [4.69, 9.17) is 0 Å². The Morgan fingerprint density at radius 2 is 1.74 bits per heavy atom. The van der Waals surface area contributed by atoms with Gasteiger partial charge in [0.1, 0.15) is 16.5 Å². The molecular formula is C13H11F2NO2S. The van der Waals surface area contributed by atoms with Crippen molar-refractivity contribution >= 4 is 10.0 Å². The summed E-state index contributed by atoms with van der Waals surface area (Å²) >= 11 is 0. The van der Waals surface area contributed by atoms with Gasteiger partial charge in [-0.15, -0.1) is 0 Å². The third kappa shape index (κ3) is 3.36. The molecule has 0 radical (unpaired) electrons. The van der Waals surface area contributed by atoms with Gasteiger partial charge in [0.05, 0.1) is 0 Å². The van der Waals surface area contributed by atoms with E-state index in [1.54, 1.807) is 6.07 Å². The molecule has 19 heavy (non-hydrogen) atoms. The predicted molar refractivity (Wildman–Crippen MR) is 66.8 cm³/mol. The highest BCUT2D eigenvalue weighted by molar-refractivity contribution is 7.89. The Kier molecular flexibility index (Phi) is 3.92. The summed E-state index contributed by atoms with van der Waals surface area (Å²) in [5.41, 5.74) is 0.458. The van der Waals surface area contributed by atoms with Gasteiger partial charge in [-0.05, 0) is 29.8 Å². The third-order valence-electron chi connectivity index (χ3n) is 2.48. The number of nitrogens with one attached hydrogen (secondary N) is 1. The van der Waals surface area contributed by atoms with Gasteiger partial charge in [0.25, 0.3) is 0 Å². The molecule has 100 valence electrons. The summed E-state index contributed by atoms with van der Waals surface area (Å²) in [6, 6.07) is 10.6. The van der Waals surface area contributed by atoms with Crippen LogP contribution in [0.5, 0.6) is 0 Å². The SMILES string of the molecule is O=S(=O)(NCc1cccc(F)c1)c1ccccc1F. The molecule has 0 fully saturated rings. The van der Waals surface area contributed by atoms with Crippen molar-refractivity contribution in [2.75, 3.05) is 0 Å². The zero-order valence-corrected chi connectivity index (χ0v) is 10.6. The van der Waals surface area contributed by atoms with Gasteiger partial charge in [-0.2, -0.15) is 0 Å². The van der Waals surface area contributed by atoms with E-state index in [2.05, 4.69) is 4.72 Å². The smallest absolute Gasteiger partial charge is 0.207 e. The first kappa shape index (κ1) is 13.6. The van der Waals surface area contributed by atoms with E-state index in [0.29, 0.717) is 5.56 Å². The van der Waals surface area contributed by atoms with Crippen LogP contribution >= 0.6 is 0 Å². The average molecular weight is 283 g/mol. The molecular weight excluding hydrogens is 272 g/mol. The summed E-state index contributed by atoms with van der Waals surface area (Å²) in [6.07, 6.45) is 0. The number of hydrogen-bond acceptors (Lipinski definition) is 2. The van der Waals surface area contributed by atoms with Crippen LogP contribution in [0.1, 0.15) is 5.56 Å². The Hall–Kier alpha value is -1.79. The molecule has 6 heteroatoms. The zero-order chi connectivity index (χ0) is 13.9. The topological polar surface area (TPSA) is 46.2 Å². The number of hydrogen-bond donors (Lipinski definition) is 1. The fourth-order valence-electron chi connectivity index (χ4n) is 1.57. The summed E-state index contributed by atoms with van der Waals surface area (Å²) in [6.45, 7) is -0.103. The van der Waals surface area contributed by atoms with Gasteiger partial charge in [0, 0.05) is 6.54 Å². The van der Waals surface area contributed by atoms with E-state index in [1.807, 2.05) is 0 Å². The predicted octanol–water partition coefficient (Wildman–Crippen LogP) is 2.44. The van der Waals surface area contributed by atoms with Gasteiger partial charge in [-0.1, -0.05) is 24.3 Å². The molecule has 0 spiro atoms. The lowest BCUT2D eigenvalue weighted by molar-refractivity contribution is 0.556. The summed E-state index contributed by atoms with van der Waals surface area (Å²) in [5, 5.41) is 0. The second-order valence-corrected chi connectivity index (χ2v) is 5.62. The van der Waals surface area contributed by atoms with E-state index in [1.165, 1.54) is 36.4 Å². The van der Waals surface area contributed by atoms with Crippen molar-refractivity contribution in [3.8, 4) is 0 Å². The van der Waals surface area contributed by atoms with E-state index < -0.39 is 26.6 Å². The molecule has 3 nitrogen and oxygen atoms in total. The van der Waals surface area contributed by atoms with Gasteiger partial charge in [0.15, 0.2) is 0 Å². The van der Waals surface area contributed by atoms with Gasteiger partial charge in [0.2, 0.25) is 10.0 Å². The van der Waals surface area contributed by atoms with Gasteiger partial charge in [-0.3, -0.25) is 0 Å². The highest BCUT2D eigenvalue weighted by Gasteiger charge is 2.17. The molecule has 0 aliphatic rings. The van der Waals surface area contributed by atoms with Crippen LogP contribution in [0.2, 0.25) is 0 Å². The lowest BCUT2D eigenvalue weighted by atomic mass is 10.2. The Morgan fingerprint density at radius 1 is 1.00 bits per heavy atom. The normalized spacial score (nSPS) is 11.5. The molecule has 0 heterocycles. The summed E-state index contributed by atoms with van der Waals surface area (Å²) in [4.78, 5) is -0.425. The van der Waals surface area contributed by atoms with Crippen LogP contribution in [0.3, 0.4) is 0 Å². The van der Waals surface area contributed by atoms with Crippen molar-refractivity contribution in [2.24, 2.45) is 0 Å². The Morgan fingerprint density at radius 3 is 2.42 bits per heavy atom. The van der Waals surface area contributed by atoms with E-state index >= 15 is 0 Å². The van der Waals surface area contributed by atoms with Gasteiger partial charge < -0.3 is 0 Å². The van der Waals surface area contributed by atoms with Crippen LogP contribution in [0, 0.1) is 11.6 Å².